The molecule has 0 spiro atoms. The minimum absolute atomic E-state index is 0.245. The van der Waals surface area contributed by atoms with Crippen LogP contribution in [0.25, 0.3) is 10.9 Å². The van der Waals surface area contributed by atoms with Gasteiger partial charge in [-0.15, -0.1) is 0 Å². The van der Waals surface area contributed by atoms with Gasteiger partial charge in [-0.25, -0.2) is 8.42 Å². The Morgan fingerprint density at radius 1 is 1.12 bits per heavy atom. The molecule has 0 amide bonds. The van der Waals surface area contributed by atoms with E-state index < -0.39 is 15.4 Å². The molecule has 1 aliphatic carbocycles. The Hall–Kier alpha value is -3.19. The van der Waals surface area contributed by atoms with Crippen LogP contribution in [0.4, 0.5) is 0 Å². The van der Waals surface area contributed by atoms with Gasteiger partial charge >= 0.3 is 0 Å². The lowest BCUT2D eigenvalue weighted by Gasteiger charge is -2.34. The van der Waals surface area contributed by atoms with E-state index in [2.05, 4.69) is 11.1 Å². The average Bonchev–Trinajstić information content (AvgIpc) is 3.17. The molecule has 0 bridgehead atoms. The Balaban J connectivity index is 1.68. The summed E-state index contributed by atoms with van der Waals surface area (Å²) < 4.78 is 28.0. The molecule has 0 atom stereocenters. The first kappa shape index (κ1) is 21.6. The van der Waals surface area contributed by atoms with Gasteiger partial charge in [-0.1, -0.05) is 19.9 Å². The van der Waals surface area contributed by atoms with Crippen molar-refractivity contribution in [1.82, 2.24) is 14.2 Å². The van der Waals surface area contributed by atoms with Crippen molar-refractivity contribution < 1.29 is 18.3 Å². The number of nitrogens with one attached hydrogen (secondary N) is 1. The summed E-state index contributed by atoms with van der Waals surface area (Å²) in [7, 11) is -2.04. The van der Waals surface area contributed by atoms with Crippen LogP contribution in [0.15, 0.2) is 35.2 Å². The van der Waals surface area contributed by atoms with Gasteiger partial charge < -0.3 is 15.0 Å². The molecule has 0 unspecified atom stereocenters. The number of piperazine rings is 1. The van der Waals surface area contributed by atoms with Crippen LogP contribution in [0.3, 0.4) is 0 Å². The molecule has 5 rings (SSSR count). The number of nitrogens with zero attached hydrogens (tertiary/aromatic N) is 3. The quantitative estimate of drug-likeness (QED) is 0.602. The molecule has 0 saturated carbocycles. The summed E-state index contributed by atoms with van der Waals surface area (Å²) in [5.74, 6) is -0.662. The number of ketones is 1. The summed E-state index contributed by atoms with van der Waals surface area (Å²) >= 11 is 0. The molecule has 0 radical (unpaired) electrons. The van der Waals surface area contributed by atoms with Crippen LogP contribution in [0.1, 0.15) is 46.6 Å². The molecular formula is C24H24N4O4S. The highest BCUT2D eigenvalue weighted by Gasteiger charge is 2.42. The van der Waals surface area contributed by atoms with Crippen molar-refractivity contribution in [3.8, 4) is 11.8 Å². The number of rotatable bonds is 2. The second-order valence-electron chi connectivity index (χ2n) is 9.27. The number of hydrogen-bond donors (Lipinski definition) is 2. The van der Waals surface area contributed by atoms with Crippen molar-refractivity contribution in [2.45, 2.75) is 24.2 Å². The lowest BCUT2D eigenvalue weighted by Crippen LogP contribution is -2.47. The summed E-state index contributed by atoms with van der Waals surface area (Å²) in [5, 5.41) is 20.7. The molecule has 2 aliphatic rings. The van der Waals surface area contributed by atoms with Crippen molar-refractivity contribution in [2.24, 2.45) is 0 Å². The third kappa shape index (κ3) is 3.09. The standard InChI is InChI=1S/C24H24N4O4S/c1-24(2)17-12-19(29)20(33(31,32)28-8-6-27(3)7-9-28)11-16(17)22(30)21-15-5-4-14(13-25)10-18(15)26-23(21)24/h4-5,10-12,26,29H,6-9H2,1-3H3. The van der Waals surface area contributed by atoms with Crippen LogP contribution in [0.2, 0.25) is 0 Å². The van der Waals surface area contributed by atoms with E-state index in [0.29, 0.717) is 59.5 Å². The molecule has 9 heteroatoms. The third-order valence-corrected chi connectivity index (χ3v) is 8.80. The normalized spacial score (nSPS) is 18.7. The van der Waals surface area contributed by atoms with E-state index in [1.54, 1.807) is 18.2 Å². The number of nitriles is 1. The summed E-state index contributed by atoms with van der Waals surface area (Å²) in [5.41, 5.74) is 2.42. The number of fused-ring (bicyclic) bond motifs is 4. The summed E-state index contributed by atoms with van der Waals surface area (Å²) in [6, 6.07) is 9.93. The Kier molecular flexibility index (Phi) is 4.69. The Bertz CT molecular complexity index is 1470. The van der Waals surface area contributed by atoms with E-state index in [-0.39, 0.29) is 22.0 Å². The van der Waals surface area contributed by atoms with Crippen molar-refractivity contribution in [1.29, 1.82) is 5.26 Å². The smallest absolute Gasteiger partial charge is 0.246 e. The molecule has 1 saturated heterocycles. The zero-order valence-corrected chi connectivity index (χ0v) is 19.5. The van der Waals surface area contributed by atoms with Gasteiger partial charge in [0.2, 0.25) is 10.0 Å². The first-order valence-electron chi connectivity index (χ1n) is 10.7. The Labute approximate surface area is 192 Å². The SMILES string of the molecule is CN1CCN(S(=O)(=O)c2cc3c(cc2O)C(C)(C)c2[nH]c4cc(C#N)ccc4c2C3=O)CC1. The van der Waals surface area contributed by atoms with Gasteiger partial charge in [0.25, 0.3) is 0 Å². The number of aromatic amines is 1. The van der Waals surface area contributed by atoms with Gasteiger partial charge in [0, 0.05) is 53.8 Å². The van der Waals surface area contributed by atoms with E-state index in [9.17, 15) is 23.6 Å². The number of H-pyrrole nitrogens is 1. The van der Waals surface area contributed by atoms with E-state index >= 15 is 0 Å². The predicted molar refractivity (Wildman–Crippen MR) is 123 cm³/mol. The minimum atomic E-state index is -3.97. The van der Waals surface area contributed by atoms with Crippen LogP contribution in [0, 0.1) is 11.3 Å². The van der Waals surface area contributed by atoms with Crippen molar-refractivity contribution in [3.05, 3.63) is 58.3 Å². The van der Waals surface area contributed by atoms with Crippen molar-refractivity contribution in [3.63, 3.8) is 0 Å². The number of aromatic nitrogens is 1. The van der Waals surface area contributed by atoms with Gasteiger partial charge in [-0.05, 0) is 36.9 Å². The van der Waals surface area contributed by atoms with Gasteiger partial charge in [-0.2, -0.15) is 9.57 Å². The monoisotopic (exact) mass is 464 g/mol. The second-order valence-corrected chi connectivity index (χ2v) is 11.2. The highest BCUT2D eigenvalue weighted by atomic mass is 32.2. The summed E-state index contributed by atoms with van der Waals surface area (Å²) in [6.07, 6.45) is 0. The molecule has 1 aromatic heterocycles. The van der Waals surface area contributed by atoms with Gasteiger partial charge in [0.15, 0.2) is 5.78 Å². The molecule has 1 aliphatic heterocycles. The topological polar surface area (TPSA) is 118 Å². The number of hydrogen-bond acceptors (Lipinski definition) is 6. The number of phenols is 1. The number of benzene rings is 2. The van der Waals surface area contributed by atoms with Crippen molar-refractivity contribution in [2.75, 3.05) is 33.2 Å². The number of sulfonamides is 1. The van der Waals surface area contributed by atoms with Gasteiger partial charge in [-0.3, -0.25) is 4.79 Å². The average molecular weight is 465 g/mol. The first-order valence-corrected chi connectivity index (χ1v) is 12.2. The molecule has 170 valence electrons. The minimum Gasteiger partial charge on any atom is -0.507 e. The van der Waals surface area contributed by atoms with E-state index in [1.165, 1.54) is 16.4 Å². The number of carbonyl (C=O) groups excluding carboxylic acids is 1. The summed E-state index contributed by atoms with van der Waals surface area (Å²) in [4.78, 5) is 18.7. The maximum atomic E-state index is 13.7. The largest absolute Gasteiger partial charge is 0.507 e. The Morgan fingerprint density at radius 2 is 1.82 bits per heavy atom. The lowest BCUT2D eigenvalue weighted by atomic mass is 9.71. The van der Waals surface area contributed by atoms with E-state index in [0.717, 1.165) is 0 Å². The molecular weight excluding hydrogens is 440 g/mol. The maximum Gasteiger partial charge on any atom is 0.246 e. The second kappa shape index (κ2) is 7.15. The predicted octanol–water partition coefficient (Wildman–Crippen LogP) is 2.55. The summed E-state index contributed by atoms with van der Waals surface area (Å²) in [6.45, 7) is 5.68. The highest BCUT2D eigenvalue weighted by molar-refractivity contribution is 7.89. The fraction of sp³-hybridized carbons (Fsp3) is 0.333. The van der Waals surface area contributed by atoms with Crippen LogP contribution < -0.4 is 0 Å². The van der Waals surface area contributed by atoms with Crippen LogP contribution >= 0.6 is 0 Å². The van der Waals surface area contributed by atoms with Crippen LogP contribution in [-0.4, -0.2) is 66.7 Å². The molecule has 3 aromatic rings. The van der Waals surface area contributed by atoms with E-state index in [1.807, 2.05) is 25.8 Å². The fourth-order valence-electron chi connectivity index (χ4n) is 4.89. The molecule has 2 N–H and O–H groups in total. The molecule has 2 heterocycles. The number of aromatic hydroxyl groups is 1. The molecule has 33 heavy (non-hydrogen) atoms. The van der Waals surface area contributed by atoms with E-state index in [4.69, 9.17) is 0 Å². The van der Waals surface area contributed by atoms with Crippen LogP contribution in [0.5, 0.6) is 5.75 Å². The molecule has 1 fully saturated rings. The fourth-order valence-corrected chi connectivity index (χ4v) is 6.40. The van der Waals surface area contributed by atoms with Gasteiger partial charge in [0.1, 0.15) is 10.6 Å². The molecule has 2 aromatic carbocycles. The number of likely N-dealkylation sites (N-methyl/N-ethyl adjacent to an activating group) is 1. The highest BCUT2D eigenvalue weighted by Crippen LogP contribution is 2.46. The van der Waals surface area contributed by atoms with Crippen LogP contribution in [-0.2, 0) is 15.4 Å². The Morgan fingerprint density at radius 3 is 2.48 bits per heavy atom. The maximum absolute atomic E-state index is 13.7. The third-order valence-electron chi connectivity index (χ3n) is 6.88. The first-order chi connectivity index (χ1) is 15.6. The van der Waals surface area contributed by atoms with Crippen molar-refractivity contribution >= 4 is 26.7 Å². The number of carbonyl (C=O) groups is 1. The molecule has 8 nitrogen and oxygen atoms in total. The lowest BCUT2D eigenvalue weighted by molar-refractivity contribution is 0.103. The zero-order valence-electron chi connectivity index (χ0n) is 18.6. The van der Waals surface area contributed by atoms with Gasteiger partial charge in [0.05, 0.1) is 17.2 Å². The zero-order chi connectivity index (χ0) is 23.7. The number of phenolic OH excluding ortho intramolecular Hbond substituents is 1.